The lowest BCUT2D eigenvalue weighted by molar-refractivity contribution is 0.116. The molecule has 0 atom stereocenters. The first kappa shape index (κ1) is 29.3. The SMILES string of the molecule is CC(C)NCCCc1ccc(OCCN2CCN(CCCN3c4ccccc4Sc4ccc(Cl)cc43)CC2)cc1. The molecule has 2 aliphatic heterocycles. The molecule has 3 aromatic rings. The van der Waals surface area contributed by atoms with Crippen LogP contribution in [0.3, 0.4) is 0 Å². The van der Waals surface area contributed by atoms with Crippen LogP contribution >= 0.6 is 23.4 Å². The van der Waals surface area contributed by atoms with Crippen molar-refractivity contribution in [1.29, 1.82) is 0 Å². The van der Waals surface area contributed by atoms with Crippen molar-refractivity contribution in [2.45, 2.75) is 48.9 Å². The summed E-state index contributed by atoms with van der Waals surface area (Å²) in [6.07, 6.45) is 3.40. The Morgan fingerprint density at radius 1 is 0.825 bits per heavy atom. The van der Waals surface area contributed by atoms with Crippen LogP contribution in [0.2, 0.25) is 5.02 Å². The standard InChI is InChI=1S/C33H43ClN4OS/c1-26(2)35-16-5-7-27-10-13-29(14-11-27)39-24-23-37-21-19-36(20-22-37)17-6-18-38-30-8-3-4-9-32(30)40-33-15-12-28(34)25-31(33)38/h3-4,8-15,25-26,35H,5-7,16-24H2,1-2H3. The van der Waals surface area contributed by atoms with E-state index in [1.54, 1.807) is 0 Å². The van der Waals surface area contributed by atoms with Gasteiger partial charge in [0.05, 0.1) is 11.4 Å². The van der Waals surface area contributed by atoms with Crippen LogP contribution in [0.15, 0.2) is 76.5 Å². The number of halogens is 1. The van der Waals surface area contributed by atoms with Gasteiger partial charge in [-0.3, -0.25) is 4.90 Å². The highest BCUT2D eigenvalue weighted by Gasteiger charge is 2.24. The molecule has 0 spiro atoms. The predicted molar refractivity (Wildman–Crippen MR) is 170 cm³/mol. The number of hydrogen-bond acceptors (Lipinski definition) is 6. The number of anilines is 2. The molecule has 0 radical (unpaired) electrons. The van der Waals surface area contributed by atoms with Crippen LogP contribution in [0, 0.1) is 0 Å². The van der Waals surface area contributed by atoms with E-state index in [9.17, 15) is 0 Å². The van der Waals surface area contributed by atoms with Gasteiger partial charge in [-0.05, 0) is 80.4 Å². The third kappa shape index (κ3) is 8.17. The summed E-state index contributed by atoms with van der Waals surface area (Å²) in [5.74, 6) is 0.975. The van der Waals surface area contributed by atoms with E-state index in [2.05, 4.69) is 94.5 Å². The van der Waals surface area contributed by atoms with E-state index in [4.69, 9.17) is 16.3 Å². The van der Waals surface area contributed by atoms with Crippen LogP contribution in [-0.4, -0.2) is 74.8 Å². The number of hydrogen-bond donors (Lipinski definition) is 1. The molecule has 0 bridgehead atoms. The normalized spacial score (nSPS) is 15.8. The Morgan fingerprint density at radius 3 is 2.33 bits per heavy atom. The van der Waals surface area contributed by atoms with Crippen molar-refractivity contribution >= 4 is 34.7 Å². The molecule has 5 rings (SSSR count). The molecular weight excluding hydrogens is 536 g/mol. The highest BCUT2D eigenvalue weighted by atomic mass is 35.5. The molecule has 3 aromatic carbocycles. The lowest BCUT2D eigenvalue weighted by Gasteiger charge is -2.36. The van der Waals surface area contributed by atoms with Crippen molar-refractivity contribution in [3.05, 3.63) is 77.3 Å². The number of nitrogens with one attached hydrogen (secondary N) is 1. The maximum Gasteiger partial charge on any atom is 0.119 e. The average Bonchev–Trinajstić information content (AvgIpc) is 2.96. The van der Waals surface area contributed by atoms with Gasteiger partial charge in [0.1, 0.15) is 12.4 Å². The van der Waals surface area contributed by atoms with Crippen LogP contribution in [0.1, 0.15) is 32.3 Å². The van der Waals surface area contributed by atoms with Crippen molar-refractivity contribution in [2.24, 2.45) is 0 Å². The Morgan fingerprint density at radius 2 is 1.55 bits per heavy atom. The maximum absolute atomic E-state index is 6.39. The third-order valence-corrected chi connectivity index (χ3v) is 9.07. The van der Waals surface area contributed by atoms with E-state index < -0.39 is 0 Å². The molecule has 1 saturated heterocycles. The molecule has 0 aromatic heterocycles. The number of fused-ring (bicyclic) bond motifs is 2. The number of benzene rings is 3. The van der Waals surface area contributed by atoms with Crippen molar-refractivity contribution in [2.75, 3.05) is 63.9 Å². The second kappa shape index (κ2) is 14.6. The third-order valence-electron chi connectivity index (χ3n) is 7.70. The van der Waals surface area contributed by atoms with Gasteiger partial charge >= 0.3 is 0 Å². The summed E-state index contributed by atoms with van der Waals surface area (Å²) < 4.78 is 6.06. The number of ether oxygens (including phenoxy) is 1. The average molecular weight is 579 g/mol. The molecule has 1 fully saturated rings. The van der Waals surface area contributed by atoms with E-state index >= 15 is 0 Å². The smallest absolute Gasteiger partial charge is 0.119 e. The topological polar surface area (TPSA) is 31.0 Å². The van der Waals surface area contributed by atoms with Crippen LogP contribution in [0.5, 0.6) is 5.75 Å². The molecule has 0 aliphatic carbocycles. The van der Waals surface area contributed by atoms with Gasteiger partial charge in [0.25, 0.3) is 0 Å². The van der Waals surface area contributed by atoms with E-state index in [-0.39, 0.29) is 0 Å². The Balaban J connectivity index is 1.00. The monoisotopic (exact) mass is 578 g/mol. The molecule has 2 heterocycles. The van der Waals surface area contributed by atoms with Gasteiger partial charge in [-0.15, -0.1) is 0 Å². The number of para-hydroxylation sites is 1. The molecule has 0 unspecified atom stereocenters. The minimum Gasteiger partial charge on any atom is -0.492 e. The quantitative estimate of drug-likeness (QED) is 0.221. The summed E-state index contributed by atoms with van der Waals surface area (Å²) in [6, 6.07) is 24.2. The van der Waals surface area contributed by atoms with Gasteiger partial charge in [0, 0.05) is 60.1 Å². The van der Waals surface area contributed by atoms with E-state index in [0.29, 0.717) is 6.04 Å². The summed E-state index contributed by atoms with van der Waals surface area (Å²) in [4.78, 5) is 10.2. The molecule has 2 aliphatic rings. The first-order valence-corrected chi connectivity index (χ1v) is 16.0. The molecule has 1 N–H and O–H groups in total. The van der Waals surface area contributed by atoms with Gasteiger partial charge in [-0.1, -0.05) is 61.5 Å². The molecule has 7 heteroatoms. The summed E-state index contributed by atoms with van der Waals surface area (Å²) in [5, 5.41) is 4.28. The summed E-state index contributed by atoms with van der Waals surface area (Å²) in [5.41, 5.74) is 3.90. The summed E-state index contributed by atoms with van der Waals surface area (Å²) in [7, 11) is 0. The zero-order valence-corrected chi connectivity index (χ0v) is 25.5. The van der Waals surface area contributed by atoms with Gasteiger partial charge in [-0.2, -0.15) is 0 Å². The predicted octanol–water partition coefficient (Wildman–Crippen LogP) is 6.96. The summed E-state index contributed by atoms with van der Waals surface area (Å²) in [6.45, 7) is 13.7. The maximum atomic E-state index is 6.39. The van der Waals surface area contributed by atoms with Gasteiger partial charge < -0.3 is 19.9 Å². The Kier molecular flexibility index (Phi) is 10.7. The lowest BCUT2D eigenvalue weighted by atomic mass is 10.1. The minimum atomic E-state index is 0.556. The second-order valence-electron chi connectivity index (χ2n) is 11.1. The molecule has 214 valence electrons. The number of nitrogens with zero attached hydrogens (tertiary/aromatic N) is 3. The van der Waals surface area contributed by atoms with E-state index in [1.807, 2.05) is 17.8 Å². The van der Waals surface area contributed by atoms with Crippen LogP contribution in [0.4, 0.5) is 11.4 Å². The van der Waals surface area contributed by atoms with Gasteiger partial charge in [-0.25, -0.2) is 0 Å². The van der Waals surface area contributed by atoms with Gasteiger partial charge in [0.15, 0.2) is 0 Å². The Hall–Kier alpha value is -2.22. The molecule has 5 nitrogen and oxygen atoms in total. The largest absolute Gasteiger partial charge is 0.492 e. The van der Waals surface area contributed by atoms with Crippen LogP contribution in [0.25, 0.3) is 0 Å². The van der Waals surface area contributed by atoms with Crippen molar-refractivity contribution in [1.82, 2.24) is 15.1 Å². The fraction of sp³-hybridized carbons (Fsp3) is 0.455. The fourth-order valence-electron chi connectivity index (χ4n) is 5.46. The number of rotatable bonds is 13. The second-order valence-corrected chi connectivity index (χ2v) is 12.6. The van der Waals surface area contributed by atoms with E-state index in [0.717, 1.165) is 82.6 Å². The first-order chi connectivity index (χ1) is 19.5. The highest BCUT2D eigenvalue weighted by Crippen LogP contribution is 2.48. The van der Waals surface area contributed by atoms with Gasteiger partial charge in [0.2, 0.25) is 0 Å². The fourth-order valence-corrected chi connectivity index (χ4v) is 6.70. The lowest BCUT2D eigenvalue weighted by Crippen LogP contribution is -2.47. The zero-order chi connectivity index (χ0) is 27.7. The highest BCUT2D eigenvalue weighted by molar-refractivity contribution is 7.99. The first-order valence-electron chi connectivity index (χ1n) is 14.8. The minimum absolute atomic E-state index is 0.556. The summed E-state index contributed by atoms with van der Waals surface area (Å²) >= 11 is 8.22. The molecule has 40 heavy (non-hydrogen) atoms. The Bertz CT molecular complexity index is 1210. The number of aryl methyl sites for hydroxylation is 1. The van der Waals surface area contributed by atoms with Crippen molar-refractivity contribution in [3.8, 4) is 5.75 Å². The van der Waals surface area contributed by atoms with E-state index in [1.165, 1.54) is 33.2 Å². The Labute approximate surface area is 249 Å². The van der Waals surface area contributed by atoms with Crippen molar-refractivity contribution < 1.29 is 4.74 Å². The molecule has 0 saturated carbocycles. The zero-order valence-electron chi connectivity index (χ0n) is 23.9. The van der Waals surface area contributed by atoms with Crippen molar-refractivity contribution in [3.63, 3.8) is 0 Å². The molecule has 0 amide bonds. The number of piperazine rings is 1. The van der Waals surface area contributed by atoms with Crippen LogP contribution < -0.4 is 15.0 Å². The van der Waals surface area contributed by atoms with Crippen LogP contribution in [-0.2, 0) is 6.42 Å². The molecular formula is C33H43ClN4OS.